The van der Waals surface area contributed by atoms with Gasteiger partial charge in [0.15, 0.2) is 0 Å². The zero-order valence-electron chi connectivity index (χ0n) is 19.8. The zero-order valence-corrected chi connectivity index (χ0v) is 19.8. The predicted molar refractivity (Wildman–Crippen MR) is 132 cm³/mol. The molecular formula is C28H31FN4O2. The molecular weight excluding hydrogens is 443 g/mol. The Labute approximate surface area is 205 Å². The Morgan fingerprint density at radius 2 is 1.89 bits per heavy atom. The Kier molecular flexibility index (Phi) is 7.35. The van der Waals surface area contributed by atoms with Crippen molar-refractivity contribution < 1.29 is 13.9 Å². The van der Waals surface area contributed by atoms with Gasteiger partial charge < -0.3 is 10.1 Å². The fraction of sp³-hybridized carbons (Fsp3) is 0.357. The highest BCUT2D eigenvalue weighted by Gasteiger charge is 2.30. The average Bonchev–Trinajstić information content (AvgIpc) is 3.33. The van der Waals surface area contributed by atoms with Crippen LogP contribution in [0.5, 0.6) is 5.75 Å². The van der Waals surface area contributed by atoms with Crippen molar-refractivity contribution in [2.75, 3.05) is 32.7 Å². The smallest absolute Gasteiger partial charge is 0.242 e. The van der Waals surface area contributed by atoms with E-state index in [0.717, 1.165) is 42.8 Å². The lowest BCUT2D eigenvalue weighted by Crippen LogP contribution is -2.42. The standard InChI is InChI=1S/C28H31FN4O2/c29-24-11-3-2-10-23(24)26-20-32(19-22-8-1-4-12-25(22)35-26)17-14-31-28(34)27(33-15-5-6-16-33)21-9-7-13-30-18-21/h1-4,7-13,18,26-27H,5-6,14-17,19-20H2,(H,31,34)/t26-,27+/m1/s1. The van der Waals surface area contributed by atoms with Gasteiger partial charge in [-0.15, -0.1) is 0 Å². The summed E-state index contributed by atoms with van der Waals surface area (Å²) in [6.07, 6.45) is 5.30. The van der Waals surface area contributed by atoms with Crippen LogP contribution in [0, 0.1) is 5.82 Å². The molecule has 2 aliphatic heterocycles. The van der Waals surface area contributed by atoms with Gasteiger partial charge in [-0.2, -0.15) is 0 Å². The Balaban J connectivity index is 1.28. The number of rotatable bonds is 7. The fourth-order valence-corrected chi connectivity index (χ4v) is 5.05. The Morgan fingerprint density at radius 1 is 1.09 bits per heavy atom. The number of fused-ring (bicyclic) bond motifs is 1. The van der Waals surface area contributed by atoms with Crippen LogP contribution in [0.1, 0.15) is 41.7 Å². The fourth-order valence-electron chi connectivity index (χ4n) is 5.05. The molecule has 1 saturated heterocycles. The molecule has 0 unspecified atom stereocenters. The molecule has 0 spiro atoms. The van der Waals surface area contributed by atoms with Crippen molar-refractivity contribution in [2.45, 2.75) is 31.5 Å². The van der Waals surface area contributed by atoms with Crippen molar-refractivity contribution >= 4 is 5.91 Å². The second-order valence-corrected chi connectivity index (χ2v) is 9.19. The third kappa shape index (κ3) is 5.52. The number of carbonyl (C=O) groups is 1. The van der Waals surface area contributed by atoms with E-state index in [1.165, 1.54) is 6.07 Å². The number of para-hydroxylation sites is 1. The quantitative estimate of drug-likeness (QED) is 0.559. The molecule has 2 atom stereocenters. The highest BCUT2D eigenvalue weighted by atomic mass is 19.1. The van der Waals surface area contributed by atoms with Gasteiger partial charge in [-0.3, -0.25) is 19.6 Å². The summed E-state index contributed by atoms with van der Waals surface area (Å²) in [7, 11) is 0. The number of carbonyl (C=O) groups excluding carboxylic acids is 1. The highest BCUT2D eigenvalue weighted by Crippen LogP contribution is 2.32. The van der Waals surface area contributed by atoms with E-state index in [9.17, 15) is 9.18 Å². The van der Waals surface area contributed by atoms with E-state index in [4.69, 9.17) is 4.74 Å². The minimum atomic E-state index is -0.428. The van der Waals surface area contributed by atoms with E-state index in [2.05, 4.69) is 20.1 Å². The normalized spacial score (nSPS) is 19.4. The Bertz CT molecular complexity index is 1140. The van der Waals surface area contributed by atoms with Gasteiger partial charge in [0.2, 0.25) is 5.91 Å². The van der Waals surface area contributed by atoms with E-state index in [1.807, 2.05) is 42.5 Å². The lowest BCUT2D eigenvalue weighted by molar-refractivity contribution is -0.126. The molecule has 6 nitrogen and oxygen atoms in total. The second kappa shape index (κ2) is 11.0. The van der Waals surface area contributed by atoms with E-state index < -0.39 is 6.10 Å². The SMILES string of the molecule is O=C(NCCN1Cc2ccccc2O[C@@H](c2ccccc2F)C1)[C@H](c1cccnc1)N1CCCC1. The first-order valence-electron chi connectivity index (χ1n) is 12.3. The van der Waals surface area contributed by atoms with Crippen LogP contribution in [0.3, 0.4) is 0 Å². The van der Waals surface area contributed by atoms with Crippen LogP contribution in [0.15, 0.2) is 73.1 Å². The summed E-state index contributed by atoms with van der Waals surface area (Å²) in [5, 5.41) is 3.15. The zero-order chi connectivity index (χ0) is 24.0. The van der Waals surface area contributed by atoms with Gasteiger partial charge in [0, 0.05) is 49.7 Å². The van der Waals surface area contributed by atoms with Gasteiger partial charge in [-0.1, -0.05) is 42.5 Å². The number of ether oxygens (including phenoxy) is 1. The van der Waals surface area contributed by atoms with Gasteiger partial charge in [-0.05, 0) is 49.7 Å². The van der Waals surface area contributed by atoms with Crippen LogP contribution in [0.2, 0.25) is 0 Å². The maximum Gasteiger partial charge on any atom is 0.242 e. The van der Waals surface area contributed by atoms with Gasteiger partial charge in [0.25, 0.3) is 0 Å². The summed E-state index contributed by atoms with van der Waals surface area (Å²) in [5.41, 5.74) is 2.52. The number of nitrogens with zero attached hydrogens (tertiary/aromatic N) is 3. The van der Waals surface area contributed by atoms with Gasteiger partial charge in [-0.25, -0.2) is 4.39 Å². The summed E-state index contributed by atoms with van der Waals surface area (Å²) in [5.74, 6) is 0.505. The summed E-state index contributed by atoms with van der Waals surface area (Å²) >= 11 is 0. The molecule has 2 aliphatic rings. The molecule has 7 heteroatoms. The van der Waals surface area contributed by atoms with Crippen LogP contribution in [0.4, 0.5) is 4.39 Å². The number of nitrogens with one attached hydrogen (secondary N) is 1. The maximum absolute atomic E-state index is 14.6. The molecule has 5 rings (SSSR count). The van der Waals surface area contributed by atoms with E-state index >= 15 is 0 Å². The van der Waals surface area contributed by atoms with Crippen molar-refractivity contribution in [3.63, 3.8) is 0 Å². The number of amides is 1. The molecule has 1 amide bonds. The van der Waals surface area contributed by atoms with Crippen LogP contribution in [-0.4, -0.2) is 53.4 Å². The van der Waals surface area contributed by atoms with E-state index in [0.29, 0.717) is 31.7 Å². The first kappa shape index (κ1) is 23.5. The minimum absolute atomic E-state index is 0.00275. The van der Waals surface area contributed by atoms with Crippen molar-refractivity contribution in [3.05, 3.63) is 95.6 Å². The molecule has 1 fully saturated rings. The van der Waals surface area contributed by atoms with Crippen molar-refractivity contribution in [1.82, 2.24) is 20.1 Å². The lowest BCUT2D eigenvalue weighted by atomic mass is 10.1. The average molecular weight is 475 g/mol. The van der Waals surface area contributed by atoms with Crippen LogP contribution < -0.4 is 10.1 Å². The third-order valence-electron chi connectivity index (χ3n) is 6.79. The summed E-state index contributed by atoms with van der Waals surface area (Å²) in [4.78, 5) is 22.0. The Morgan fingerprint density at radius 3 is 2.69 bits per heavy atom. The highest BCUT2D eigenvalue weighted by molar-refractivity contribution is 5.83. The number of benzene rings is 2. The number of pyridine rings is 1. The number of likely N-dealkylation sites (tertiary alicyclic amines) is 1. The molecule has 1 N–H and O–H groups in total. The molecule has 0 aliphatic carbocycles. The number of hydrogen-bond acceptors (Lipinski definition) is 5. The van der Waals surface area contributed by atoms with Crippen LogP contribution >= 0.6 is 0 Å². The lowest BCUT2D eigenvalue weighted by Gasteiger charge is -2.28. The van der Waals surface area contributed by atoms with Crippen LogP contribution in [-0.2, 0) is 11.3 Å². The van der Waals surface area contributed by atoms with Crippen LogP contribution in [0.25, 0.3) is 0 Å². The van der Waals surface area contributed by atoms with Gasteiger partial charge >= 0.3 is 0 Å². The number of hydrogen-bond donors (Lipinski definition) is 1. The van der Waals surface area contributed by atoms with Crippen molar-refractivity contribution in [2.24, 2.45) is 0 Å². The van der Waals surface area contributed by atoms with Gasteiger partial charge in [0.05, 0.1) is 0 Å². The molecule has 3 heterocycles. The molecule has 0 radical (unpaired) electrons. The van der Waals surface area contributed by atoms with E-state index in [-0.39, 0.29) is 17.8 Å². The topological polar surface area (TPSA) is 57.7 Å². The molecule has 0 saturated carbocycles. The number of aromatic nitrogens is 1. The molecule has 3 aromatic rings. The first-order valence-corrected chi connectivity index (χ1v) is 12.3. The molecule has 35 heavy (non-hydrogen) atoms. The monoisotopic (exact) mass is 474 g/mol. The van der Waals surface area contributed by atoms with E-state index in [1.54, 1.807) is 24.5 Å². The third-order valence-corrected chi connectivity index (χ3v) is 6.79. The summed E-state index contributed by atoms with van der Waals surface area (Å²) in [6.45, 7) is 4.16. The maximum atomic E-state index is 14.6. The first-order chi connectivity index (χ1) is 17.2. The largest absolute Gasteiger partial charge is 0.484 e. The minimum Gasteiger partial charge on any atom is -0.484 e. The number of halogens is 1. The molecule has 1 aromatic heterocycles. The summed E-state index contributed by atoms with van der Waals surface area (Å²) in [6, 6.07) is 18.2. The second-order valence-electron chi connectivity index (χ2n) is 9.19. The van der Waals surface area contributed by atoms with Crippen molar-refractivity contribution in [3.8, 4) is 5.75 Å². The molecule has 2 aromatic carbocycles. The van der Waals surface area contributed by atoms with Crippen molar-refractivity contribution in [1.29, 1.82) is 0 Å². The Hall–Kier alpha value is -3.29. The molecule has 0 bridgehead atoms. The molecule has 182 valence electrons. The summed E-state index contributed by atoms with van der Waals surface area (Å²) < 4.78 is 20.9. The predicted octanol–water partition coefficient (Wildman–Crippen LogP) is 4.11. The van der Waals surface area contributed by atoms with Gasteiger partial charge in [0.1, 0.15) is 23.7 Å².